The highest BCUT2D eigenvalue weighted by atomic mass is 16.6. The van der Waals surface area contributed by atoms with Gasteiger partial charge >= 0.3 is 5.97 Å². The Morgan fingerprint density at radius 1 is 1.47 bits per heavy atom. The number of rotatable bonds is 6. The van der Waals surface area contributed by atoms with E-state index in [1.165, 1.54) is 20.2 Å². The first kappa shape index (κ1) is 14.5. The van der Waals surface area contributed by atoms with Crippen LogP contribution in [0.1, 0.15) is 12.5 Å². The van der Waals surface area contributed by atoms with E-state index in [-0.39, 0.29) is 5.91 Å². The predicted octanol–water partition coefficient (Wildman–Crippen LogP) is 1.09. The summed E-state index contributed by atoms with van der Waals surface area (Å²) in [7, 11) is 1.38. The number of ether oxygens (including phenoxy) is 1. The number of carboxylic acid groups (broad SMARTS) is 1. The maximum Gasteiger partial charge on any atom is 0.341 e. The zero-order valence-electron chi connectivity index (χ0n) is 10.5. The van der Waals surface area contributed by atoms with Gasteiger partial charge in [0, 0.05) is 18.2 Å². The summed E-state index contributed by atoms with van der Waals surface area (Å²) < 4.78 is 5.10. The molecule has 0 spiro atoms. The van der Waals surface area contributed by atoms with Crippen LogP contribution in [-0.4, -0.2) is 36.9 Å². The van der Waals surface area contributed by atoms with E-state index in [1.54, 1.807) is 18.2 Å². The zero-order valence-corrected chi connectivity index (χ0v) is 10.5. The summed E-state index contributed by atoms with van der Waals surface area (Å²) >= 11 is 0. The molecule has 0 saturated heterocycles. The van der Waals surface area contributed by atoms with Crippen molar-refractivity contribution in [3.8, 4) is 5.75 Å². The minimum absolute atomic E-state index is 0.214. The van der Waals surface area contributed by atoms with Crippen molar-refractivity contribution in [3.05, 3.63) is 23.8 Å². The molecule has 0 aliphatic rings. The van der Waals surface area contributed by atoms with Crippen LogP contribution >= 0.6 is 0 Å². The van der Waals surface area contributed by atoms with Crippen molar-refractivity contribution < 1.29 is 24.3 Å². The van der Waals surface area contributed by atoms with E-state index < -0.39 is 12.6 Å². The molecule has 0 aliphatic heterocycles. The SMILES string of the molecule is CO/N=C/c1cc(NC(C)=O)ccc1OCC(=O)O. The molecule has 2 N–H and O–H groups in total. The Kier molecular flexibility index (Phi) is 5.34. The lowest BCUT2D eigenvalue weighted by Gasteiger charge is -2.09. The average Bonchev–Trinajstić information content (AvgIpc) is 2.34. The molecule has 7 heteroatoms. The van der Waals surface area contributed by atoms with Crippen LogP contribution in [0.15, 0.2) is 23.4 Å². The highest BCUT2D eigenvalue weighted by Gasteiger charge is 2.07. The number of oxime groups is 1. The second-order valence-electron chi connectivity index (χ2n) is 3.53. The molecule has 0 atom stereocenters. The van der Waals surface area contributed by atoms with E-state index in [0.717, 1.165) is 0 Å². The van der Waals surface area contributed by atoms with Crippen LogP contribution in [0.5, 0.6) is 5.75 Å². The van der Waals surface area contributed by atoms with Crippen molar-refractivity contribution >= 4 is 23.8 Å². The number of anilines is 1. The number of carboxylic acids is 1. The van der Waals surface area contributed by atoms with Gasteiger partial charge in [-0.15, -0.1) is 0 Å². The fourth-order valence-corrected chi connectivity index (χ4v) is 1.31. The second-order valence-corrected chi connectivity index (χ2v) is 3.53. The van der Waals surface area contributed by atoms with Gasteiger partial charge in [-0.2, -0.15) is 0 Å². The Morgan fingerprint density at radius 2 is 2.21 bits per heavy atom. The third-order valence-corrected chi connectivity index (χ3v) is 1.98. The van der Waals surface area contributed by atoms with Crippen LogP contribution in [0.2, 0.25) is 0 Å². The molecule has 1 amide bonds. The van der Waals surface area contributed by atoms with Crippen molar-refractivity contribution in [2.24, 2.45) is 5.16 Å². The molecule has 0 heterocycles. The number of nitrogens with zero attached hydrogens (tertiary/aromatic N) is 1. The Bertz CT molecular complexity index is 499. The molecular weight excluding hydrogens is 252 g/mol. The van der Waals surface area contributed by atoms with E-state index in [4.69, 9.17) is 9.84 Å². The number of aliphatic carboxylic acids is 1. The summed E-state index contributed by atoms with van der Waals surface area (Å²) in [6, 6.07) is 4.75. The van der Waals surface area contributed by atoms with Crippen LogP contribution in [0.4, 0.5) is 5.69 Å². The van der Waals surface area contributed by atoms with Gasteiger partial charge in [0.25, 0.3) is 0 Å². The lowest BCUT2D eigenvalue weighted by Crippen LogP contribution is -2.11. The number of nitrogens with one attached hydrogen (secondary N) is 1. The normalized spacial score (nSPS) is 10.2. The molecule has 1 aromatic rings. The molecule has 0 aromatic heterocycles. The van der Waals surface area contributed by atoms with E-state index in [9.17, 15) is 9.59 Å². The van der Waals surface area contributed by atoms with Crippen molar-refractivity contribution in [2.45, 2.75) is 6.92 Å². The van der Waals surface area contributed by atoms with Gasteiger partial charge in [0.2, 0.25) is 5.91 Å². The van der Waals surface area contributed by atoms with Gasteiger partial charge < -0.3 is 20.0 Å². The smallest absolute Gasteiger partial charge is 0.341 e. The van der Waals surface area contributed by atoms with Crippen LogP contribution < -0.4 is 10.1 Å². The topological polar surface area (TPSA) is 97.2 Å². The largest absolute Gasteiger partial charge is 0.481 e. The summed E-state index contributed by atoms with van der Waals surface area (Å²) in [6.45, 7) is 0.922. The molecule has 1 rings (SSSR count). The highest BCUT2D eigenvalue weighted by molar-refractivity contribution is 5.91. The number of benzene rings is 1. The Balaban J connectivity index is 2.98. The minimum atomic E-state index is -1.08. The van der Waals surface area contributed by atoms with Crippen LogP contribution in [-0.2, 0) is 14.4 Å². The second kappa shape index (κ2) is 7.00. The Labute approximate surface area is 109 Å². The monoisotopic (exact) mass is 266 g/mol. The lowest BCUT2D eigenvalue weighted by molar-refractivity contribution is -0.139. The molecule has 1 aromatic carbocycles. The summed E-state index contributed by atoms with van der Waals surface area (Å²) in [4.78, 5) is 26.0. The van der Waals surface area contributed by atoms with E-state index in [1.807, 2.05) is 0 Å². The standard InChI is InChI=1S/C12H14N2O5/c1-8(15)14-10-3-4-11(19-7-12(16)17)9(5-10)6-13-18-2/h3-6H,7H2,1-2H3,(H,14,15)(H,16,17)/b13-6+. The minimum Gasteiger partial charge on any atom is -0.481 e. The number of amides is 1. The van der Waals surface area contributed by atoms with Crippen LogP contribution in [0, 0.1) is 0 Å². The molecule has 102 valence electrons. The van der Waals surface area contributed by atoms with E-state index >= 15 is 0 Å². The molecular formula is C12H14N2O5. The highest BCUT2D eigenvalue weighted by Crippen LogP contribution is 2.21. The average molecular weight is 266 g/mol. The summed E-state index contributed by atoms with van der Waals surface area (Å²) in [5.41, 5.74) is 1.04. The van der Waals surface area contributed by atoms with Gasteiger partial charge in [0.15, 0.2) is 6.61 Å². The molecule has 0 unspecified atom stereocenters. The van der Waals surface area contributed by atoms with Gasteiger partial charge in [-0.25, -0.2) is 4.79 Å². The van der Waals surface area contributed by atoms with Crippen molar-refractivity contribution in [2.75, 3.05) is 19.0 Å². The Hall–Kier alpha value is -2.57. The summed E-state index contributed by atoms with van der Waals surface area (Å²) in [5.74, 6) is -0.966. The Morgan fingerprint density at radius 3 is 2.79 bits per heavy atom. The molecule has 0 fully saturated rings. The third kappa shape index (κ3) is 5.07. The molecule has 0 bridgehead atoms. The third-order valence-electron chi connectivity index (χ3n) is 1.98. The van der Waals surface area contributed by atoms with Crippen LogP contribution in [0.3, 0.4) is 0 Å². The fraction of sp³-hybridized carbons (Fsp3) is 0.250. The number of hydrogen-bond donors (Lipinski definition) is 2. The maximum atomic E-state index is 11.0. The summed E-state index contributed by atoms with van der Waals surface area (Å²) in [5, 5.41) is 14.8. The van der Waals surface area contributed by atoms with Crippen molar-refractivity contribution in [3.63, 3.8) is 0 Å². The van der Waals surface area contributed by atoms with Crippen molar-refractivity contribution in [1.82, 2.24) is 0 Å². The van der Waals surface area contributed by atoms with Gasteiger partial charge in [-0.05, 0) is 18.2 Å². The molecule has 0 radical (unpaired) electrons. The molecule has 7 nitrogen and oxygen atoms in total. The molecule has 0 saturated carbocycles. The molecule has 0 aliphatic carbocycles. The van der Waals surface area contributed by atoms with Gasteiger partial charge in [0.1, 0.15) is 12.9 Å². The summed E-state index contributed by atoms with van der Waals surface area (Å²) in [6.07, 6.45) is 1.36. The quantitative estimate of drug-likeness (QED) is 0.593. The van der Waals surface area contributed by atoms with Crippen LogP contribution in [0.25, 0.3) is 0 Å². The van der Waals surface area contributed by atoms with E-state index in [0.29, 0.717) is 17.0 Å². The fourth-order valence-electron chi connectivity index (χ4n) is 1.31. The first-order valence-electron chi connectivity index (χ1n) is 5.35. The lowest BCUT2D eigenvalue weighted by atomic mass is 10.2. The maximum absolute atomic E-state index is 11.0. The molecule has 19 heavy (non-hydrogen) atoms. The number of hydrogen-bond acceptors (Lipinski definition) is 5. The van der Waals surface area contributed by atoms with Gasteiger partial charge in [-0.1, -0.05) is 5.16 Å². The first-order chi connectivity index (χ1) is 9.02. The van der Waals surface area contributed by atoms with Crippen molar-refractivity contribution in [1.29, 1.82) is 0 Å². The van der Waals surface area contributed by atoms with Gasteiger partial charge in [0.05, 0.1) is 6.21 Å². The van der Waals surface area contributed by atoms with E-state index in [2.05, 4.69) is 15.3 Å². The number of carbonyl (C=O) groups is 2. The predicted molar refractivity (Wildman–Crippen MR) is 68.5 cm³/mol. The number of carbonyl (C=O) groups excluding carboxylic acids is 1. The first-order valence-corrected chi connectivity index (χ1v) is 5.35. The zero-order chi connectivity index (χ0) is 14.3. The van der Waals surface area contributed by atoms with Gasteiger partial charge in [-0.3, -0.25) is 4.79 Å².